The Balaban J connectivity index is 1.65. The van der Waals surface area contributed by atoms with E-state index in [1.54, 1.807) is 0 Å². The third kappa shape index (κ3) is 9.07. The van der Waals surface area contributed by atoms with Gasteiger partial charge in [0, 0.05) is 32.2 Å². The number of nitrogens with one attached hydrogen (secondary N) is 2. The fraction of sp³-hybridized carbons (Fsp3) is 0.696. The second kappa shape index (κ2) is 12.1. The molecule has 1 fully saturated rings. The van der Waals surface area contributed by atoms with E-state index < -0.39 is 0 Å². The van der Waals surface area contributed by atoms with Crippen molar-refractivity contribution >= 4 is 6.03 Å². The Kier molecular flexibility index (Phi) is 9.79. The van der Waals surface area contributed by atoms with Gasteiger partial charge in [-0.1, -0.05) is 44.2 Å². The predicted octanol–water partition coefficient (Wildman–Crippen LogP) is 3.22. The number of amides is 2. The number of carbonyl (C=O) groups is 1. The average Bonchev–Trinajstić information content (AvgIpc) is 2.61. The van der Waals surface area contributed by atoms with Crippen LogP contribution in [0.15, 0.2) is 30.3 Å². The lowest BCUT2D eigenvalue weighted by Crippen LogP contribution is -2.47. The van der Waals surface area contributed by atoms with Gasteiger partial charge in [0.25, 0.3) is 0 Å². The van der Waals surface area contributed by atoms with E-state index in [2.05, 4.69) is 46.4 Å². The quantitative estimate of drug-likeness (QED) is 0.605. The first-order chi connectivity index (χ1) is 13.4. The van der Waals surface area contributed by atoms with Crippen LogP contribution in [0.1, 0.15) is 38.7 Å². The fourth-order valence-electron chi connectivity index (χ4n) is 4.37. The molecular formula is C23H40N4O. The number of hydrogen-bond donors (Lipinski definition) is 2. The highest BCUT2D eigenvalue weighted by molar-refractivity contribution is 5.74. The molecule has 1 aromatic carbocycles. The minimum atomic E-state index is -0.0528. The summed E-state index contributed by atoms with van der Waals surface area (Å²) in [6, 6.07) is 10.4. The van der Waals surface area contributed by atoms with Gasteiger partial charge in [0.1, 0.15) is 0 Å². The van der Waals surface area contributed by atoms with E-state index in [4.69, 9.17) is 0 Å². The number of likely N-dealkylation sites (N-methyl/N-ethyl adjacent to an activating group) is 1. The molecular weight excluding hydrogens is 348 g/mol. The Labute approximate surface area is 171 Å². The molecule has 0 aromatic heterocycles. The molecule has 28 heavy (non-hydrogen) atoms. The summed E-state index contributed by atoms with van der Waals surface area (Å²) >= 11 is 0. The SMILES string of the molecule is CC1CC(C)CN(CCCCNC(=O)NC(Cc2ccccc2)CN(C)C)C1. The first-order valence-electron chi connectivity index (χ1n) is 10.9. The van der Waals surface area contributed by atoms with E-state index in [0.29, 0.717) is 0 Å². The third-order valence-electron chi connectivity index (χ3n) is 5.38. The van der Waals surface area contributed by atoms with Gasteiger partial charge in [0.05, 0.1) is 0 Å². The first kappa shape index (κ1) is 22.7. The first-order valence-corrected chi connectivity index (χ1v) is 10.9. The van der Waals surface area contributed by atoms with Crippen LogP contribution in [0.3, 0.4) is 0 Å². The molecule has 2 rings (SSSR count). The molecule has 3 unspecified atom stereocenters. The maximum Gasteiger partial charge on any atom is 0.315 e. The number of nitrogens with zero attached hydrogens (tertiary/aromatic N) is 2. The van der Waals surface area contributed by atoms with Crippen LogP contribution in [0.2, 0.25) is 0 Å². The van der Waals surface area contributed by atoms with Gasteiger partial charge in [-0.05, 0) is 63.7 Å². The van der Waals surface area contributed by atoms with Crippen LogP contribution in [-0.2, 0) is 6.42 Å². The van der Waals surface area contributed by atoms with E-state index in [-0.39, 0.29) is 12.1 Å². The normalized spacial score (nSPS) is 21.5. The monoisotopic (exact) mass is 388 g/mol. The Morgan fingerprint density at radius 1 is 1.14 bits per heavy atom. The van der Waals surface area contributed by atoms with E-state index in [9.17, 15) is 4.79 Å². The van der Waals surface area contributed by atoms with Crippen molar-refractivity contribution in [3.05, 3.63) is 35.9 Å². The molecule has 0 aliphatic carbocycles. The van der Waals surface area contributed by atoms with Crippen LogP contribution in [-0.4, -0.2) is 68.7 Å². The van der Waals surface area contributed by atoms with E-state index >= 15 is 0 Å². The van der Waals surface area contributed by atoms with Gasteiger partial charge in [-0.15, -0.1) is 0 Å². The number of hydrogen-bond acceptors (Lipinski definition) is 3. The van der Waals surface area contributed by atoms with Crippen molar-refractivity contribution < 1.29 is 4.79 Å². The van der Waals surface area contributed by atoms with Crippen molar-refractivity contribution in [1.29, 1.82) is 0 Å². The predicted molar refractivity (Wildman–Crippen MR) is 118 cm³/mol. The molecule has 0 saturated carbocycles. The number of unbranched alkanes of at least 4 members (excludes halogenated alkanes) is 1. The van der Waals surface area contributed by atoms with Crippen molar-refractivity contribution in [2.75, 3.05) is 46.8 Å². The van der Waals surface area contributed by atoms with Crippen molar-refractivity contribution in [2.24, 2.45) is 11.8 Å². The minimum absolute atomic E-state index is 0.0528. The van der Waals surface area contributed by atoms with Crippen molar-refractivity contribution in [3.63, 3.8) is 0 Å². The molecule has 0 radical (unpaired) electrons. The van der Waals surface area contributed by atoms with Crippen LogP contribution >= 0.6 is 0 Å². The lowest BCUT2D eigenvalue weighted by molar-refractivity contribution is 0.139. The second-order valence-corrected chi connectivity index (χ2v) is 8.96. The molecule has 2 N–H and O–H groups in total. The van der Waals surface area contributed by atoms with Crippen molar-refractivity contribution in [3.8, 4) is 0 Å². The van der Waals surface area contributed by atoms with Gasteiger partial charge >= 0.3 is 6.03 Å². The van der Waals surface area contributed by atoms with E-state index in [1.807, 2.05) is 32.3 Å². The molecule has 5 nitrogen and oxygen atoms in total. The lowest BCUT2D eigenvalue weighted by Gasteiger charge is -2.34. The molecule has 3 atom stereocenters. The zero-order valence-corrected chi connectivity index (χ0v) is 18.3. The zero-order valence-electron chi connectivity index (χ0n) is 18.3. The van der Waals surface area contributed by atoms with Crippen molar-refractivity contribution in [1.82, 2.24) is 20.4 Å². The lowest BCUT2D eigenvalue weighted by atomic mass is 9.92. The number of rotatable bonds is 10. The zero-order chi connectivity index (χ0) is 20.4. The number of likely N-dealkylation sites (tertiary alicyclic amines) is 1. The van der Waals surface area contributed by atoms with Crippen LogP contribution < -0.4 is 10.6 Å². The van der Waals surface area contributed by atoms with Crippen LogP contribution in [0, 0.1) is 11.8 Å². The molecule has 0 bridgehead atoms. The van der Waals surface area contributed by atoms with E-state index in [0.717, 1.165) is 50.7 Å². The largest absolute Gasteiger partial charge is 0.338 e. The summed E-state index contributed by atoms with van der Waals surface area (Å²) in [6.07, 6.45) is 4.38. The highest BCUT2D eigenvalue weighted by Gasteiger charge is 2.21. The number of carbonyl (C=O) groups excluding carboxylic acids is 1. The fourth-order valence-corrected chi connectivity index (χ4v) is 4.37. The molecule has 1 aliphatic heterocycles. The topological polar surface area (TPSA) is 47.6 Å². The minimum Gasteiger partial charge on any atom is -0.338 e. The smallest absolute Gasteiger partial charge is 0.315 e. The molecule has 1 heterocycles. The summed E-state index contributed by atoms with van der Waals surface area (Å²) in [5.41, 5.74) is 1.25. The van der Waals surface area contributed by atoms with Gasteiger partial charge < -0.3 is 20.4 Å². The molecule has 1 aromatic rings. The maximum atomic E-state index is 12.3. The molecule has 5 heteroatoms. The van der Waals surface area contributed by atoms with Crippen LogP contribution in [0.4, 0.5) is 4.79 Å². The third-order valence-corrected chi connectivity index (χ3v) is 5.38. The molecule has 0 spiro atoms. The second-order valence-electron chi connectivity index (χ2n) is 8.96. The summed E-state index contributed by atoms with van der Waals surface area (Å²) in [4.78, 5) is 17.0. The Morgan fingerprint density at radius 3 is 2.46 bits per heavy atom. The summed E-state index contributed by atoms with van der Waals surface area (Å²) in [7, 11) is 4.08. The molecule has 158 valence electrons. The van der Waals surface area contributed by atoms with E-state index in [1.165, 1.54) is 25.1 Å². The Hall–Kier alpha value is -1.59. The van der Waals surface area contributed by atoms with Gasteiger partial charge in [-0.3, -0.25) is 0 Å². The molecule has 1 saturated heterocycles. The van der Waals surface area contributed by atoms with Gasteiger partial charge in [-0.2, -0.15) is 0 Å². The van der Waals surface area contributed by atoms with Gasteiger partial charge in [0.15, 0.2) is 0 Å². The summed E-state index contributed by atoms with van der Waals surface area (Å²) in [6.45, 7) is 9.88. The van der Waals surface area contributed by atoms with Crippen LogP contribution in [0.25, 0.3) is 0 Å². The highest BCUT2D eigenvalue weighted by Crippen LogP contribution is 2.20. The number of benzene rings is 1. The molecule has 1 aliphatic rings. The van der Waals surface area contributed by atoms with Crippen LogP contribution in [0.5, 0.6) is 0 Å². The number of urea groups is 1. The average molecular weight is 389 g/mol. The van der Waals surface area contributed by atoms with Gasteiger partial charge in [-0.25, -0.2) is 4.79 Å². The summed E-state index contributed by atoms with van der Waals surface area (Å²) < 4.78 is 0. The van der Waals surface area contributed by atoms with Gasteiger partial charge in [0.2, 0.25) is 0 Å². The maximum absolute atomic E-state index is 12.3. The Morgan fingerprint density at radius 2 is 1.82 bits per heavy atom. The summed E-state index contributed by atoms with van der Waals surface area (Å²) in [5.74, 6) is 1.62. The standard InChI is InChI=1S/C23H40N4O/c1-19-14-20(2)17-27(16-19)13-9-8-12-24-23(28)25-22(18-26(3)4)15-21-10-6-5-7-11-21/h5-7,10-11,19-20,22H,8-9,12-18H2,1-4H3,(H2,24,25,28). The number of piperidine rings is 1. The highest BCUT2D eigenvalue weighted by atomic mass is 16.2. The summed E-state index contributed by atoms with van der Waals surface area (Å²) in [5, 5.41) is 6.19. The molecule has 2 amide bonds. The van der Waals surface area contributed by atoms with Crippen molar-refractivity contribution in [2.45, 2.75) is 45.6 Å². The Bertz CT molecular complexity index is 553.